The number of nitrogens with one attached hydrogen (secondary N) is 1. The standard InChI is InChI=1S/C22H25ClN2O7S2/c1-14(2)20(22(28)32-13-17(26)18-6-7-19(23)33-18)24-21(27)15-4-3-5-16(12-15)34(29,30)25-8-10-31-11-9-25/h3-7,12,14,20H,8-11,13H2,1-2H3,(H,24,27)/t20-/m0/s1. The lowest BCUT2D eigenvalue weighted by atomic mass is 10.0. The van der Waals surface area contributed by atoms with Gasteiger partial charge in [-0.2, -0.15) is 4.31 Å². The molecule has 34 heavy (non-hydrogen) atoms. The summed E-state index contributed by atoms with van der Waals surface area (Å²) in [4.78, 5) is 38.0. The predicted octanol–water partition coefficient (Wildman–Crippen LogP) is 2.60. The Bertz CT molecular complexity index is 1160. The van der Waals surface area contributed by atoms with Crippen molar-refractivity contribution in [2.24, 2.45) is 5.92 Å². The van der Waals surface area contributed by atoms with Crippen LogP contribution in [0.15, 0.2) is 41.3 Å². The van der Waals surface area contributed by atoms with Crippen LogP contribution in [0.4, 0.5) is 0 Å². The van der Waals surface area contributed by atoms with Crippen LogP contribution in [-0.4, -0.2) is 69.3 Å². The zero-order valence-electron chi connectivity index (χ0n) is 18.7. The van der Waals surface area contributed by atoms with E-state index in [9.17, 15) is 22.8 Å². The van der Waals surface area contributed by atoms with Gasteiger partial charge in [0.15, 0.2) is 6.61 Å². The van der Waals surface area contributed by atoms with Crippen molar-refractivity contribution in [1.29, 1.82) is 0 Å². The van der Waals surface area contributed by atoms with Gasteiger partial charge in [0.2, 0.25) is 15.8 Å². The van der Waals surface area contributed by atoms with Crippen LogP contribution in [0, 0.1) is 5.92 Å². The molecular formula is C22H25ClN2O7S2. The number of rotatable bonds is 9. The number of carbonyl (C=O) groups excluding carboxylic acids is 3. The summed E-state index contributed by atoms with van der Waals surface area (Å²) in [7, 11) is -3.79. The lowest BCUT2D eigenvalue weighted by molar-refractivity contribution is -0.145. The van der Waals surface area contributed by atoms with Gasteiger partial charge in [-0.3, -0.25) is 9.59 Å². The van der Waals surface area contributed by atoms with Crippen LogP contribution in [0.1, 0.15) is 33.9 Å². The molecule has 1 aliphatic heterocycles. The van der Waals surface area contributed by atoms with E-state index in [2.05, 4.69) is 5.32 Å². The van der Waals surface area contributed by atoms with Crippen LogP contribution in [-0.2, 0) is 24.3 Å². The molecule has 1 N–H and O–H groups in total. The van der Waals surface area contributed by atoms with Gasteiger partial charge in [0.05, 0.1) is 27.3 Å². The number of amides is 1. The summed E-state index contributed by atoms with van der Waals surface area (Å²) < 4.78 is 37.9. The van der Waals surface area contributed by atoms with Crippen molar-refractivity contribution < 1.29 is 32.3 Å². The Balaban J connectivity index is 1.67. The summed E-state index contributed by atoms with van der Waals surface area (Å²) in [6.07, 6.45) is 0. The molecule has 0 unspecified atom stereocenters. The van der Waals surface area contributed by atoms with Crippen LogP contribution >= 0.6 is 22.9 Å². The van der Waals surface area contributed by atoms with Crippen LogP contribution in [0.5, 0.6) is 0 Å². The van der Waals surface area contributed by atoms with Gasteiger partial charge in [-0.25, -0.2) is 13.2 Å². The van der Waals surface area contributed by atoms with Crippen molar-refractivity contribution in [2.75, 3.05) is 32.9 Å². The molecule has 1 amide bonds. The van der Waals surface area contributed by atoms with Gasteiger partial charge in [0.1, 0.15) is 6.04 Å². The smallest absolute Gasteiger partial charge is 0.329 e. The molecule has 1 aliphatic rings. The van der Waals surface area contributed by atoms with Crippen LogP contribution in [0.2, 0.25) is 4.34 Å². The van der Waals surface area contributed by atoms with Crippen molar-refractivity contribution in [2.45, 2.75) is 24.8 Å². The summed E-state index contributed by atoms with van der Waals surface area (Å²) in [6.45, 7) is 4.02. The van der Waals surface area contributed by atoms with Crippen molar-refractivity contribution in [3.8, 4) is 0 Å². The molecule has 0 saturated carbocycles. The molecule has 0 aliphatic carbocycles. The zero-order valence-corrected chi connectivity index (χ0v) is 21.0. The molecule has 184 valence electrons. The van der Waals surface area contributed by atoms with Crippen LogP contribution in [0.25, 0.3) is 0 Å². The second kappa shape index (κ2) is 11.4. The number of carbonyl (C=O) groups is 3. The summed E-state index contributed by atoms with van der Waals surface area (Å²) in [5.41, 5.74) is 0.0806. The molecule has 1 aromatic carbocycles. The average Bonchev–Trinajstić information content (AvgIpc) is 3.27. The molecule has 1 fully saturated rings. The molecule has 1 saturated heterocycles. The van der Waals surface area contributed by atoms with E-state index < -0.39 is 40.3 Å². The molecule has 1 atom stereocenters. The Morgan fingerprint density at radius 1 is 1.18 bits per heavy atom. The average molecular weight is 529 g/mol. The van der Waals surface area contributed by atoms with Gasteiger partial charge in [-0.05, 0) is 36.2 Å². The molecule has 0 spiro atoms. The molecule has 2 aromatic rings. The molecule has 0 bridgehead atoms. The van der Waals surface area contributed by atoms with E-state index in [1.807, 2.05) is 0 Å². The van der Waals surface area contributed by atoms with Crippen molar-refractivity contribution in [3.63, 3.8) is 0 Å². The Labute approximate surface area is 207 Å². The van der Waals surface area contributed by atoms with E-state index in [1.165, 1.54) is 28.6 Å². The van der Waals surface area contributed by atoms with E-state index in [0.717, 1.165) is 11.3 Å². The second-order valence-electron chi connectivity index (χ2n) is 7.87. The minimum Gasteiger partial charge on any atom is -0.456 e. The van der Waals surface area contributed by atoms with Gasteiger partial charge in [0.25, 0.3) is 5.91 Å². The number of sulfonamides is 1. The summed E-state index contributed by atoms with van der Waals surface area (Å²) in [5, 5.41) is 2.59. The fourth-order valence-electron chi connectivity index (χ4n) is 3.22. The first-order chi connectivity index (χ1) is 16.1. The third-order valence-electron chi connectivity index (χ3n) is 5.10. The number of ketones is 1. The van der Waals surface area contributed by atoms with Crippen molar-refractivity contribution >= 4 is 50.6 Å². The van der Waals surface area contributed by atoms with Crippen LogP contribution < -0.4 is 5.32 Å². The largest absolute Gasteiger partial charge is 0.456 e. The monoisotopic (exact) mass is 528 g/mol. The highest BCUT2D eigenvalue weighted by Crippen LogP contribution is 2.22. The summed E-state index contributed by atoms with van der Waals surface area (Å²) >= 11 is 6.90. The number of benzene rings is 1. The van der Waals surface area contributed by atoms with E-state index in [-0.39, 0.29) is 29.5 Å². The van der Waals surface area contributed by atoms with Gasteiger partial charge in [-0.1, -0.05) is 31.5 Å². The SMILES string of the molecule is CC(C)[C@H](NC(=O)c1cccc(S(=O)(=O)N2CCOCC2)c1)C(=O)OCC(=O)c1ccc(Cl)s1. The highest BCUT2D eigenvalue weighted by Gasteiger charge is 2.29. The van der Waals surface area contributed by atoms with Crippen LogP contribution in [0.3, 0.4) is 0 Å². The molecule has 12 heteroatoms. The van der Waals surface area contributed by atoms with E-state index in [1.54, 1.807) is 26.0 Å². The number of esters is 1. The Hall–Kier alpha value is -2.31. The number of nitrogens with zero attached hydrogens (tertiary/aromatic N) is 1. The fourth-order valence-corrected chi connectivity index (χ4v) is 5.64. The molecule has 2 heterocycles. The third kappa shape index (κ3) is 6.42. The quantitative estimate of drug-likeness (QED) is 0.392. The summed E-state index contributed by atoms with van der Waals surface area (Å²) in [6, 6.07) is 7.70. The molecule has 3 rings (SSSR count). The summed E-state index contributed by atoms with van der Waals surface area (Å²) in [5.74, 6) is -2.15. The van der Waals surface area contributed by atoms with E-state index in [4.69, 9.17) is 21.1 Å². The number of hydrogen-bond donors (Lipinski definition) is 1. The number of thiophene rings is 1. The van der Waals surface area contributed by atoms with Crippen molar-refractivity contribution in [3.05, 3.63) is 51.2 Å². The number of halogens is 1. The highest BCUT2D eigenvalue weighted by atomic mass is 35.5. The van der Waals surface area contributed by atoms with Gasteiger partial charge >= 0.3 is 5.97 Å². The van der Waals surface area contributed by atoms with Gasteiger partial charge < -0.3 is 14.8 Å². The predicted molar refractivity (Wildman–Crippen MR) is 127 cm³/mol. The molecule has 0 radical (unpaired) electrons. The lowest BCUT2D eigenvalue weighted by Crippen LogP contribution is -2.45. The number of hydrogen-bond acceptors (Lipinski definition) is 8. The molecular weight excluding hydrogens is 504 g/mol. The Kier molecular flexibility index (Phi) is 8.83. The van der Waals surface area contributed by atoms with Crippen molar-refractivity contribution in [1.82, 2.24) is 9.62 Å². The van der Waals surface area contributed by atoms with E-state index in [0.29, 0.717) is 22.4 Å². The number of ether oxygens (including phenoxy) is 2. The molecule has 1 aromatic heterocycles. The minimum atomic E-state index is -3.79. The maximum atomic E-state index is 12.9. The minimum absolute atomic E-state index is 0.0223. The van der Waals surface area contributed by atoms with E-state index >= 15 is 0 Å². The lowest BCUT2D eigenvalue weighted by Gasteiger charge is -2.26. The Morgan fingerprint density at radius 3 is 2.50 bits per heavy atom. The fraction of sp³-hybridized carbons (Fsp3) is 0.409. The third-order valence-corrected chi connectivity index (χ3v) is 8.27. The second-order valence-corrected chi connectivity index (χ2v) is 11.5. The maximum Gasteiger partial charge on any atom is 0.329 e. The first-order valence-corrected chi connectivity index (χ1v) is 13.2. The molecule has 9 nitrogen and oxygen atoms in total. The highest BCUT2D eigenvalue weighted by molar-refractivity contribution is 7.89. The zero-order chi connectivity index (χ0) is 24.9. The van der Waals surface area contributed by atoms with Gasteiger partial charge in [0, 0.05) is 18.7 Å². The maximum absolute atomic E-state index is 12.9. The Morgan fingerprint density at radius 2 is 1.88 bits per heavy atom. The normalized spacial score (nSPS) is 15.6. The topological polar surface area (TPSA) is 119 Å². The van der Waals surface area contributed by atoms with Gasteiger partial charge in [-0.15, -0.1) is 11.3 Å². The number of Topliss-reactive ketones (excluding diaryl/α,β-unsaturated/α-hetero) is 1. The number of morpholine rings is 1. The first kappa shape index (κ1) is 26.3. The first-order valence-electron chi connectivity index (χ1n) is 10.5.